The lowest BCUT2D eigenvalue weighted by Crippen LogP contribution is -2.28. The van der Waals surface area contributed by atoms with Gasteiger partial charge in [-0.05, 0) is 24.6 Å². The molecule has 1 aromatic rings. The molecule has 0 aromatic heterocycles. The Morgan fingerprint density at radius 1 is 1.44 bits per heavy atom. The van der Waals surface area contributed by atoms with Crippen LogP contribution in [0.25, 0.3) is 0 Å². The van der Waals surface area contributed by atoms with E-state index < -0.39 is 11.9 Å². The molecule has 1 saturated heterocycles. The predicted octanol–water partition coefficient (Wildman–Crippen LogP) is 1.73. The number of hydrogen-bond donors (Lipinski definition) is 1. The van der Waals surface area contributed by atoms with Crippen LogP contribution in [0.15, 0.2) is 24.3 Å². The van der Waals surface area contributed by atoms with Gasteiger partial charge >= 0.3 is 5.97 Å². The highest BCUT2D eigenvalue weighted by molar-refractivity contribution is 6.30. The van der Waals surface area contributed by atoms with Crippen LogP contribution < -0.4 is 5.32 Å². The van der Waals surface area contributed by atoms with Crippen molar-refractivity contribution in [2.24, 2.45) is 5.92 Å². The first-order valence-electron chi connectivity index (χ1n) is 5.83. The van der Waals surface area contributed by atoms with Crippen LogP contribution in [-0.2, 0) is 14.3 Å². The first kappa shape index (κ1) is 12.9. The predicted molar refractivity (Wildman–Crippen MR) is 67.3 cm³/mol. The monoisotopic (exact) mass is 267 g/mol. The van der Waals surface area contributed by atoms with Crippen molar-refractivity contribution in [1.29, 1.82) is 0 Å². The van der Waals surface area contributed by atoms with Gasteiger partial charge in [-0.15, -0.1) is 0 Å². The van der Waals surface area contributed by atoms with E-state index in [4.69, 9.17) is 16.3 Å². The van der Waals surface area contributed by atoms with E-state index in [0.717, 1.165) is 5.56 Å². The molecule has 0 radical (unpaired) electrons. The first-order chi connectivity index (χ1) is 8.63. The quantitative estimate of drug-likeness (QED) is 0.670. The van der Waals surface area contributed by atoms with Gasteiger partial charge in [0.05, 0.1) is 6.61 Å². The molecule has 0 saturated carbocycles. The molecule has 2 atom stereocenters. The molecular formula is C13H14ClNO3. The van der Waals surface area contributed by atoms with Crippen LogP contribution in [0.4, 0.5) is 0 Å². The van der Waals surface area contributed by atoms with Gasteiger partial charge in [-0.25, -0.2) is 0 Å². The topological polar surface area (TPSA) is 55.4 Å². The van der Waals surface area contributed by atoms with E-state index in [2.05, 4.69) is 5.32 Å². The fourth-order valence-electron chi connectivity index (χ4n) is 2.14. The SMILES string of the molecule is CCOC(=O)[C@H]1C(=O)NC[C@H]1c1ccc(Cl)cc1. The zero-order valence-electron chi connectivity index (χ0n) is 9.98. The first-order valence-corrected chi connectivity index (χ1v) is 6.21. The molecule has 1 N–H and O–H groups in total. The summed E-state index contributed by atoms with van der Waals surface area (Å²) in [5.41, 5.74) is 0.913. The van der Waals surface area contributed by atoms with E-state index >= 15 is 0 Å². The summed E-state index contributed by atoms with van der Waals surface area (Å²) in [6.45, 7) is 2.45. The van der Waals surface area contributed by atoms with Crippen LogP contribution in [0, 0.1) is 5.92 Å². The number of rotatable bonds is 3. The van der Waals surface area contributed by atoms with Crippen molar-refractivity contribution in [2.45, 2.75) is 12.8 Å². The number of amides is 1. The van der Waals surface area contributed by atoms with Crippen LogP contribution in [0.2, 0.25) is 5.02 Å². The Balaban J connectivity index is 2.23. The Labute approximate surface area is 110 Å². The average Bonchev–Trinajstić information content (AvgIpc) is 2.72. The second-order valence-corrected chi connectivity index (χ2v) is 4.57. The summed E-state index contributed by atoms with van der Waals surface area (Å²) in [4.78, 5) is 23.5. The molecule has 1 amide bonds. The molecule has 0 aliphatic carbocycles. The number of ether oxygens (including phenoxy) is 1. The molecule has 1 aliphatic heterocycles. The smallest absolute Gasteiger partial charge is 0.319 e. The normalized spacial score (nSPS) is 22.7. The molecule has 1 aliphatic rings. The summed E-state index contributed by atoms with van der Waals surface area (Å²) < 4.78 is 4.95. The average molecular weight is 268 g/mol. The molecule has 0 bridgehead atoms. The number of esters is 1. The van der Waals surface area contributed by atoms with Gasteiger partial charge in [-0.1, -0.05) is 23.7 Å². The van der Waals surface area contributed by atoms with Gasteiger partial charge in [0.2, 0.25) is 5.91 Å². The standard InChI is InChI=1S/C13H14ClNO3/c1-2-18-13(17)11-10(7-15-12(11)16)8-3-5-9(14)6-4-8/h3-6,10-11H,2,7H2,1H3,(H,15,16)/t10-,11+/m0/s1. The third-order valence-electron chi connectivity index (χ3n) is 3.02. The minimum Gasteiger partial charge on any atom is -0.465 e. The molecule has 1 aromatic carbocycles. The molecule has 18 heavy (non-hydrogen) atoms. The molecule has 5 heteroatoms. The summed E-state index contributed by atoms with van der Waals surface area (Å²) in [7, 11) is 0. The highest BCUT2D eigenvalue weighted by atomic mass is 35.5. The number of nitrogens with one attached hydrogen (secondary N) is 1. The van der Waals surface area contributed by atoms with Gasteiger partial charge in [0.25, 0.3) is 0 Å². The molecule has 0 unspecified atom stereocenters. The Morgan fingerprint density at radius 2 is 2.11 bits per heavy atom. The fourth-order valence-corrected chi connectivity index (χ4v) is 2.27. The van der Waals surface area contributed by atoms with Crippen LogP contribution in [-0.4, -0.2) is 25.0 Å². The van der Waals surface area contributed by atoms with Crippen LogP contribution in [0.1, 0.15) is 18.4 Å². The highest BCUT2D eigenvalue weighted by Crippen LogP contribution is 2.30. The molecule has 0 spiro atoms. The highest BCUT2D eigenvalue weighted by Gasteiger charge is 2.41. The second-order valence-electron chi connectivity index (χ2n) is 4.13. The lowest BCUT2D eigenvalue weighted by molar-refractivity contribution is -0.151. The summed E-state index contributed by atoms with van der Waals surface area (Å²) >= 11 is 5.82. The van der Waals surface area contributed by atoms with Crippen molar-refractivity contribution >= 4 is 23.5 Å². The van der Waals surface area contributed by atoms with E-state index in [1.54, 1.807) is 19.1 Å². The van der Waals surface area contributed by atoms with Gasteiger partial charge in [0.15, 0.2) is 0 Å². The van der Waals surface area contributed by atoms with Gasteiger partial charge in [0.1, 0.15) is 5.92 Å². The third-order valence-corrected chi connectivity index (χ3v) is 3.27. The Bertz CT molecular complexity index is 458. The summed E-state index contributed by atoms with van der Waals surface area (Å²) in [5, 5.41) is 3.33. The van der Waals surface area contributed by atoms with Crippen LogP contribution in [0.3, 0.4) is 0 Å². The maximum Gasteiger partial charge on any atom is 0.319 e. The van der Waals surface area contributed by atoms with Crippen LogP contribution >= 0.6 is 11.6 Å². The van der Waals surface area contributed by atoms with Gasteiger partial charge < -0.3 is 10.1 Å². The second kappa shape index (κ2) is 5.40. The number of carbonyl (C=O) groups is 2. The number of benzene rings is 1. The summed E-state index contributed by atoms with van der Waals surface area (Å²) in [5.74, 6) is -1.68. The van der Waals surface area contributed by atoms with Crippen molar-refractivity contribution in [3.05, 3.63) is 34.9 Å². The summed E-state index contributed by atoms with van der Waals surface area (Å²) in [6, 6.07) is 7.17. The Morgan fingerprint density at radius 3 is 2.72 bits per heavy atom. The van der Waals surface area contributed by atoms with E-state index in [-0.39, 0.29) is 18.4 Å². The minimum absolute atomic E-state index is 0.186. The molecule has 1 fully saturated rings. The molecule has 4 nitrogen and oxygen atoms in total. The zero-order valence-corrected chi connectivity index (χ0v) is 10.7. The Kier molecular flexibility index (Phi) is 3.87. The van der Waals surface area contributed by atoms with Crippen molar-refractivity contribution in [3.63, 3.8) is 0 Å². The number of hydrogen-bond acceptors (Lipinski definition) is 3. The van der Waals surface area contributed by atoms with Crippen molar-refractivity contribution in [1.82, 2.24) is 5.32 Å². The minimum atomic E-state index is -0.758. The van der Waals surface area contributed by atoms with Gasteiger partial charge in [-0.2, -0.15) is 0 Å². The largest absolute Gasteiger partial charge is 0.465 e. The van der Waals surface area contributed by atoms with Gasteiger partial charge in [0, 0.05) is 17.5 Å². The summed E-state index contributed by atoms with van der Waals surface area (Å²) in [6.07, 6.45) is 0. The van der Waals surface area contributed by atoms with Crippen molar-refractivity contribution in [2.75, 3.05) is 13.2 Å². The maximum atomic E-state index is 11.8. The van der Waals surface area contributed by atoms with E-state index in [9.17, 15) is 9.59 Å². The number of carbonyl (C=O) groups excluding carboxylic acids is 2. The van der Waals surface area contributed by atoms with Gasteiger partial charge in [-0.3, -0.25) is 9.59 Å². The van der Waals surface area contributed by atoms with Crippen molar-refractivity contribution < 1.29 is 14.3 Å². The molecule has 1 heterocycles. The van der Waals surface area contributed by atoms with E-state index in [1.807, 2.05) is 12.1 Å². The lowest BCUT2D eigenvalue weighted by atomic mass is 9.88. The molecule has 2 rings (SSSR count). The van der Waals surface area contributed by atoms with Crippen LogP contribution in [0.5, 0.6) is 0 Å². The Hall–Kier alpha value is -1.55. The molecular weight excluding hydrogens is 254 g/mol. The van der Waals surface area contributed by atoms with Crippen molar-refractivity contribution in [3.8, 4) is 0 Å². The molecule has 96 valence electrons. The number of halogens is 1. The lowest BCUT2D eigenvalue weighted by Gasteiger charge is -2.15. The zero-order chi connectivity index (χ0) is 13.1. The van der Waals surface area contributed by atoms with E-state index in [1.165, 1.54) is 0 Å². The maximum absolute atomic E-state index is 11.8. The fraction of sp³-hybridized carbons (Fsp3) is 0.385. The third kappa shape index (κ3) is 2.48. The van der Waals surface area contributed by atoms with E-state index in [0.29, 0.717) is 11.6 Å².